The number of nitrogens with one attached hydrogen (secondary N) is 1. The van der Waals surface area contributed by atoms with E-state index in [0.29, 0.717) is 16.9 Å². The van der Waals surface area contributed by atoms with Gasteiger partial charge in [-0.05, 0) is 30.3 Å². The van der Waals surface area contributed by atoms with Gasteiger partial charge in [-0.15, -0.1) is 0 Å². The summed E-state index contributed by atoms with van der Waals surface area (Å²) in [4.78, 5) is 17.9. The highest BCUT2D eigenvalue weighted by atomic mass is 16.1. The Hall–Kier alpha value is -2.56. The molecule has 2 aromatic rings. The van der Waals surface area contributed by atoms with Crippen molar-refractivity contribution in [2.45, 2.75) is 0 Å². The van der Waals surface area contributed by atoms with Gasteiger partial charge in [0.15, 0.2) is 0 Å². The Kier molecular flexibility index (Phi) is 3.66. The van der Waals surface area contributed by atoms with Gasteiger partial charge in [0, 0.05) is 37.7 Å². The first kappa shape index (κ1) is 12.9. The molecule has 0 saturated heterocycles. The van der Waals surface area contributed by atoms with E-state index in [0.717, 1.165) is 5.69 Å². The number of benzene rings is 1. The number of amides is 1. The van der Waals surface area contributed by atoms with E-state index in [1.165, 1.54) is 0 Å². The topological polar surface area (TPSA) is 71.2 Å². The van der Waals surface area contributed by atoms with Crippen LogP contribution in [0.15, 0.2) is 42.7 Å². The number of nitrogen functional groups attached to an aromatic ring is 1. The number of anilines is 3. The smallest absolute Gasteiger partial charge is 0.255 e. The van der Waals surface area contributed by atoms with Crippen molar-refractivity contribution in [2.75, 3.05) is 30.0 Å². The minimum Gasteiger partial charge on any atom is -0.399 e. The molecule has 1 amide bonds. The molecule has 0 aliphatic carbocycles. The maximum Gasteiger partial charge on any atom is 0.255 e. The molecular formula is C14H16N4O. The van der Waals surface area contributed by atoms with Crippen LogP contribution in [-0.2, 0) is 0 Å². The quantitative estimate of drug-likeness (QED) is 0.824. The number of aromatic nitrogens is 1. The highest BCUT2D eigenvalue weighted by Gasteiger charge is 2.10. The number of nitrogens with zero attached hydrogens (tertiary/aromatic N) is 2. The molecule has 1 aromatic carbocycles. The summed E-state index contributed by atoms with van der Waals surface area (Å²) in [6.45, 7) is 0. The maximum atomic E-state index is 12.1. The van der Waals surface area contributed by atoms with Gasteiger partial charge in [-0.2, -0.15) is 0 Å². The van der Waals surface area contributed by atoms with Gasteiger partial charge in [-0.1, -0.05) is 0 Å². The van der Waals surface area contributed by atoms with Crippen LogP contribution in [0, 0.1) is 0 Å². The van der Waals surface area contributed by atoms with Crippen LogP contribution < -0.4 is 16.0 Å². The molecule has 5 nitrogen and oxygen atoms in total. The van der Waals surface area contributed by atoms with Crippen LogP contribution in [0.5, 0.6) is 0 Å². The van der Waals surface area contributed by atoms with E-state index in [2.05, 4.69) is 10.3 Å². The lowest BCUT2D eigenvalue weighted by molar-refractivity contribution is 0.102. The lowest BCUT2D eigenvalue weighted by Crippen LogP contribution is -2.17. The van der Waals surface area contributed by atoms with Crippen molar-refractivity contribution in [3.05, 3.63) is 48.3 Å². The molecule has 0 aliphatic rings. The van der Waals surface area contributed by atoms with Crippen LogP contribution in [0.25, 0.3) is 0 Å². The van der Waals surface area contributed by atoms with E-state index in [-0.39, 0.29) is 5.91 Å². The molecule has 5 heteroatoms. The summed E-state index contributed by atoms with van der Waals surface area (Å²) >= 11 is 0. The molecule has 2 rings (SSSR count). The molecule has 0 atom stereocenters. The third-order valence-corrected chi connectivity index (χ3v) is 2.69. The monoisotopic (exact) mass is 256 g/mol. The van der Waals surface area contributed by atoms with Gasteiger partial charge < -0.3 is 16.0 Å². The standard InChI is InChI=1S/C14H16N4O/c1-18(2)13-4-3-11(15)9-12(13)17-14(19)10-5-7-16-8-6-10/h3-9H,15H2,1-2H3,(H,17,19). The van der Waals surface area contributed by atoms with Crippen LogP contribution in [0.4, 0.5) is 17.1 Å². The molecule has 0 aliphatic heterocycles. The maximum absolute atomic E-state index is 12.1. The SMILES string of the molecule is CN(C)c1ccc(N)cc1NC(=O)c1ccncc1. The van der Waals surface area contributed by atoms with E-state index in [1.54, 1.807) is 36.7 Å². The second-order valence-electron chi connectivity index (χ2n) is 4.36. The normalized spacial score (nSPS) is 10.0. The number of rotatable bonds is 3. The van der Waals surface area contributed by atoms with E-state index >= 15 is 0 Å². The molecule has 0 bridgehead atoms. The lowest BCUT2D eigenvalue weighted by atomic mass is 10.2. The summed E-state index contributed by atoms with van der Waals surface area (Å²) in [5.41, 5.74) is 8.51. The largest absolute Gasteiger partial charge is 0.399 e. The van der Waals surface area contributed by atoms with Gasteiger partial charge in [0.2, 0.25) is 0 Å². The van der Waals surface area contributed by atoms with Gasteiger partial charge in [0.05, 0.1) is 11.4 Å². The van der Waals surface area contributed by atoms with Crippen molar-refractivity contribution in [3.63, 3.8) is 0 Å². The number of carbonyl (C=O) groups is 1. The molecule has 1 heterocycles. The van der Waals surface area contributed by atoms with Gasteiger partial charge in [0.1, 0.15) is 0 Å². The summed E-state index contributed by atoms with van der Waals surface area (Å²) < 4.78 is 0. The number of nitrogens with two attached hydrogens (primary N) is 1. The highest BCUT2D eigenvalue weighted by Crippen LogP contribution is 2.27. The minimum absolute atomic E-state index is 0.184. The third kappa shape index (κ3) is 3.01. The molecule has 3 N–H and O–H groups in total. The first-order valence-electron chi connectivity index (χ1n) is 5.86. The fourth-order valence-electron chi connectivity index (χ4n) is 1.74. The fourth-order valence-corrected chi connectivity index (χ4v) is 1.74. The molecular weight excluding hydrogens is 240 g/mol. The van der Waals surface area contributed by atoms with Crippen LogP contribution in [0.1, 0.15) is 10.4 Å². The van der Waals surface area contributed by atoms with Crippen molar-refractivity contribution in [1.29, 1.82) is 0 Å². The zero-order valence-corrected chi connectivity index (χ0v) is 10.9. The number of carbonyl (C=O) groups excluding carboxylic acids is 1. The molecule has 0 unspecified atom stereocenters. The fraction of sp³-hybridized carbons (Fsp3) is 0.143. The summed E-state index contributed by atoms with van der Waals surface area (Å²) in [6, 6.07) is 8.75. The summed E-state index contributed by atoms with van der Waals surface area (Å²) in [5.74, 6) is -0.184. The predicted molar refractivity (Wildman–Crippen MR) is 77.4 cm³/mol. The van der Waals surface area contributed by atoms with Crippen LogP contribution >= 0.6 is 0 Å². The second-order valence-corrected chi connectivity index (χ2v) is 4.36. The third-order valence-electron chi connectivity index (χ3n) is 2.69. The van der Waals surface area contributed by atoms with Gasteiger partial charge >= 0.3 is 0 Å². The molecule has 0 saturated carbocycles. The Labute approximate surface area is 112 Å². The molecule has 1 aromatic heterocycles. The Morgan fingerprint density at radius 3 is 2.53 bits per heavy atom. The highest BCUT2D eigenvalue weighted by molar-refractivity contribution is 6.06. The lowest BCUT2D eigenvalue weighted by Gasteiger charge is -2.18. The van der Waals surface area contributed by atoms with Crippen molar-refractivity contribution in [3.8, 4) is 0 Å². The number of hydrogen-bond donors (Lipinski definition) is 2. The first-order valence-corrected chi connectivity index (χ1v) is 5.86. The average molecular weight is 256 g/mol. The van der Waals surface area contributed by atoms with Crippen LogP contribution in [-0.4, -0.2) is 25.0 Å². The Morgan fingerprint density at radius 2 is 1.89 bits per heavy atom. The van der Waals surface area contributed by atoms with Crippen molar-refractivity contribution >= 4 is 23.0 Å². The van der Waals surface area contributed by atoms with Gasteiger partial charge in [-0.3, -0.25) is 9.78 Å². The number of hydrogen-bond acceptors (Lipinski definition) is 4. The number of pyridine rings is 1. The average Bonchev–Trinajstić information content (AvgIpc) is 2.39. The van der Waals surface area contributed by atoms with Crippen LogP contribution in [0.2, 0.25) is 0 Å². The molecule has 0 radical (unpaired) electrons. The van der Waals surface area contributed by atoms with E-state index < -0.39 is 0 Å². The predicted octanol–water partition coefficient (Wildman–Crippen LogP) is 1.98. The Balaban J connectivity index is 2.28. The second kappa shape index (κ2) is 5.39. The van der Waals surface area contributed by atoms with E-state index in [4.69, 9.17) is 5.73 Å². The zero-order valence-electron chi connectivity index (χ0n) is 10.9. The summed E-state index contributed by atoms with van der Waals surface area (Å²) in [7, 11) is 3.82. The molecule has 0 fully saturated rings. The minimum atomic E-state index is -0.184. The zero-order chi connectivity index (χ0) is 13.8. The summed E-state index contributed by atoms with van der Waals surface area (Å²) in [5, 5.41) is 2.86. The van der Waals surface area contributed by atoms with Crippen molar-refractivity contribution < 1.29 is 4.79 Å². The van der Waals surface area contributed by atoms with Crippen molar-refractivity contribution in [2.24, 2.45) is 0 Å². The van der Waals surface area contributed by atoms with E-state index in [9.17, 15) is 4.79 Å². The van der Waals surface area contributed by atoms with Crippen molar-refractivity contribution in [1.82, 2.24) is 4.98 Å². The van der Waals surface area contributed by atoms with Gasteiger partial charge in [0.25, 0.3) is 5.91 Å². The molecule has 19 heavy (non-hydrogen) atoms. The molecule has 98 valence electrons. The molecule has 0 spiro atoms. The van der Waals surface area contributed by atoms with Gasteiger partial charge in [-0.25, -0.2) is 0 Å². The van der Waals surface area contributed by atoms with E-state index in [1.807, 2.05) is 25.1 Å². The van der Waals surface area contributed by atoms with Crippen LogP contribution in [0.3, 0.4) is 0 Å². The Bertz CT molecular complexity index is 581. The summed E-state index contributed by atoms with van der Waals surface area (Å²) in [6.07, 6.45) is 3.17. The Morgan fingerprint density at radius 1 is 1.21 bits per heavy atom. The first-order chi connectivity index (χ1) is 9.08.